The fraction of sp³-hybridized carbons (Fsp3) is 0.226. The van der Waals surface area contributed by atoms with Gasteiger partial charge in [-0.1, -0.05) is 72.3 Å². The van der Waals surface area contributed by atoms with Gasteiger partial charge in [0.25, 0.3) is 5.91 Å². The van der Waals surface area contributed by atoms with Crippen LogP contribution >= 0.6 is 22.9 Å². The number of benzene rings is 3. The van der Waals surface area contributed by atoms with Gasteiger partial charge in [-0.2, -0.15) is 5.10 Å². The average Bonchev–Trinajstić information content (AvgIpc) is 3.51. The van der Waals surface area contributed by atoms with Gasteiger partial charge in [0, 0.05) is 36.6 Å². The number of carbonyl (C=O) groups excluding carboxylic acids is 1. The molecule has 0 saturated carbocycles. The van der Waals surface area contributed by atoms with E-state index in [1.165, 1.54) is 22.5 Å². The molecule has 6 rings (SSSR count). The van der Waals surface area contributed by atoms with E-state index in [1.54, 1.807) is 0 Å². The van der Waals surface area contributed by atoms with Gasteiger partial charge in [0.05, 0.1) is 22.3 Å². The normalized spacial score (nSPS) is 15.2. The summed E-state index contributed by atoms with van der Waals surface area (Å²) in [6, 6.07) is 29.0. The standard InChI is InChI=1S/C31H29ClN4OS/c1-21-8-6-7-11-27(21)36-31-26(22(2)33-36)20-28(38-31)30(37)35-18-16-34(17-19-35)29(23-9-4-3-5-10-23)24-12-14-25(32)15-13-24/h3-15,20,29H,16-19H2,1-2H3/t29-/m1/s1. The lowest BCUT2D eigenvalue weighted by Crippen LogP contribution is -2.49. The van der Waals surface area contributed by atoms with Gasteiger partial charge in [0.2, 0.25) is 0 Å². The van der Waals surface area contributed by atoms with E-state index in [4.69, 9.17) is 16.7 Å². The molecule has 1 aliphatic rings. The van der Waals surface area contributed by atoms with Crippen molar-refractivity contribution in [2.24, 2.45) is 0 Å². The highest BCUT2D eigenvalue weighted by Crippen LogP contribution is 2.33. The van der Waals surface area contributed by atoms with Gasteiger partial charge >= 0.3 is 0 Å². The molecule has 0 unspecified atom stereocenters. The van der Waals surface area contributed by atoms with Crippen LogP contribution in [-0.4, -0.2) is 51.7 Å². The highest BCUT2D eigenvalue weighted by Gasteiger charge is 2.30. The van der Waals surface area contributed by atoms with Gasteiger partial charge in [0.15, 0.2) is 0 Å². The van der Waals surface area contributed by atoms with Crippen molar-refractivity contribution in [2.75, 3.05) is 26.2 Å². The maximum absolute atomic E-state index is 13.6. The van der Waals surface area contributed by atoms with Crippen LogP contribution in [0, 0.1) is 13.8 Å². The van der Waals surface area contributed by atoms with Crippen LogP contribution in [0.15, 0.2) is 84.9 Å². The van der Waals surface area contributed by atoms with E-state index in [0.717, 1.165) is 50.2 Å². The smallest absolute Gasteiger partial charge is 0.264 e. The van der Waals surface area contributed by atoms with Crippen molar-refractivity contribution in [2.45, 2.75) is 19.9 Å². The summed E-state index contributed by atoms with van der Waals surface area (Å²) in [5.41, 5.74) is 5.60. The molecule has 3 aromatic carbocycles. The summed E-state index contributed by atoms with van der Waals surface area (Å²) in [7, 11) is 0. The van der Waals surface area contributed by atoms with Crippen LogP contribution in [0.3, 0.4) is 0 Å². The van der Waals surface area contributed by atoms with Crippen molar-refractivity contribution >= 4 is 39.1 Å². The molecule has 2 aromatic heterocycles. The monoisotopic (exact) mass is 540 g/mol. The van der Waals surface area contributed by atoms with Crippen LogP contribution in [-0.2, 0) is 0 Å². The summed E-state index contributed by atoms with van der Waals surface area (Å²) in [5, 5.41) is 6.56. The second-order valence-corrected chi connectivity index (χ2v) is 11.3. The van der Waals surface area contributed by atoms with Crippen molar-refractivity contribution in [3.8, 4) is 5.69 Å². The van der Waals surface area contributed by atoms with Gasteiger partial charge in [-0.25, -0.2) is 4.68 Å². The number of thiophene rings is 1. The van der Waals surface area contributed by atoms with Gasteiger partial charge in [-0.05, 0) is 54.8 Å². The van der Waals surface area contributed by atoms with Gasteiger partial charge in [-0.15, -0.1) is 11.3 Å². The molecule has 5 aromatic rings. The number of fused-ring (bicyclic) bond motifs is 1. The number of aryl methyl sites for hydroxylation is 2. The minimum atomic E-state index is 0.101. The lowest BCUT2D eigenvalue weighted by molar-refractivity contribution is 0.0602. The second kappa shape index (κ2) is 10.4. The third kappa shape index (κ3) is 4.64. The van der Waals surface area contributed by atoms with E-state index in [-0.39, 0.29) is 11.9 Å². The predicted molar refractivity (Wildman–Crippen MR) is 156 cm³/mol. The second-order valence-electron chi connectivity index (χ2n) is 9.81. The first-order chi connectivity index (χ1) is 18.5. The molecule has 0 N–H and O–H groups in total. The predicted octanol–water partition coefficient (Wildman–Crippen LogP) is 6.90. The van der Waals surface area contributed by atoms with E-state index in [9.17, 15) is 4.79 Å². The van der Waals surface area contributed by atoms with Crippen LogP contribution in [0.5, 0.6) is 0 Å². The fourth-order valence-electron chi connectivity index (χ4n) is 5.35. The summed E-state index contributed by atoms with van der Waals surface area (Å²) >= 11 is 7.72. The zero-order valence-electron chi connectivity index (χ0n) is 21.5. The van der Waals surface area contributed by atoms with Gasteiger partial charge < -0.3 is 4.90 Å². The largest absolute Gasteiger partial charge is 0.335 e. The molecule has 7 heteroatoms. The Balaban J connectivity index is 1.23. The minimum absolute atomic E-state index is 0.101. The number of amides is 1. The molecule has 38 heavy (non-hydrogen) atoms. The van der Waals surface area contributed by atoms with Crippen LogP contribution in [0.1, 0.15) is 38.1 Å². The molecule has 5 nitrogen and oxygen atoms in total. The summed E-state index contributed by atoms with van der Waals surface area (Å²) in [4.78, 5) is 19.9. The quantitative estimate of drug-likeness (QED) is 0.243. The van der Waals surface area contributed by atoms with Crippen molar-refractivity contribution in [3.05, 3.63) is 117 Å². The average molecular weight is 541 g/mol. The molecule has 192 valence electrons. The zero-order valence-corrected chi connectivity index (χ0v) is 23.0. The third-order valence-corrected chi connectivity index (χ3v) is 8.72. The number of piperazine rings is 1. The lowest BCUT2D eigenvalue weighted by atomic mass is 9.96. The van der Waals surface area contributed by atoms with Crippen LogP contribution in [0.25, 0.3) is 15.9 Å². The number of hydrogen-bond acceptors (Lipinski definition) is 4. The minimum Gasteiger partial charge on any atom is -0.335 e. The van der Waals surface area contributed by atoms with E-state index in [2.05, 4.69) is 60.4 Å². The van der Waals surface area contributed by atoms with Crippen LogP contribution in [0.4, 0.5) is 0 Å². The van der Waals surface area contributed by atoms with E-state index < -0.39 is 0 Å². The van der Waals surface area contributed by atoms with Crippen molar-refractivity contribution < 1.29 is 4.79 Å². The summed E-state index contributed by atoms with van der Waals surface area (Å²) in [5.74, 6) is 0.101. The van der Waals surface area contributed by atoms with Gasteiger partial charge in [-0.3, -0.25) is 9.69 Å². The highest BCUT2D eigenvalue weighted by molar-refractivity contribution is 7.20. The molecule has 1 saturated heterocycles. The van der Waals surface area contributed by atoms with E-state index in [1.807, 2.05) is 52.9 Å². The molecular weight excluding hydrogens is 512 g/mol. The molecule has 0 bridgehead atoms. The molecule has 1 atom stereocenters. The summed E-state index contributed by atoms with van der Waals surface area (Å²) < 4.78 is 1.98. The Morgan fingerprint density at radius 1 is 0.868 bits per heavy atom. The number of rotatable bonds is 5. The number of carbonyl (C=O) groups is 1. The molecule has 3 heterocycles. The van der Waals surface area contributed by atoms with Crippen LogP contribution < -0.4 is 0 Å². The molecule has 0 aliphatic carbocycles. The Labute approximate surface area is 231 Å². The first kappa shape index (κ1) is 24.9. The number of nitrogens with zero attached hydrogens (tertiary/aromatic N) is 4. The maximum atomic E-state index is 13.6. The fourth-order valence-corrected chi connectivity index (χ4v) is 6.62. The number of para-hydroxylation sites is 1. The van der Waals surface area contributed by atoms with Gasteiger partial charge in [0.1, 0.15) is 4.83 Å². The molecule has 1 amide bonds. The summed E-state index contributed by atoms with van der Waals surface area (Å²) in [6.45, 7) is 7.07. The first-order valence-corrected chi connectivity index (χ1v) is 14.1. The topological polar surface area (TPSA) is 41.4 Å². The van der Waals surface area contributed by atoms with Crippen molar-refractivity contribution in [1.29, 1.82) is 0 Å². The number of halogens is 1. The number of hydrogen-bond donors (Lipinski definition) is 0. The molecule has 0 spiro atoms. The van der Waals surface area contributed by atoms with Crippen LogP contribution in [0.2, 0.25) is 5.02 Å². The van der Waals surface area contributed by atoms with E-state index in [0.29, 0.717) is 13.1 Å². The van der Waals surface area contributed by atoms with Crippen molar-refractivity contribution in [1.82, 2.24) is 19.6 Å². The maximum Gasteiger partial charge on any atom is 0.264 e. The molecule has 1 fully saturated rings. The Bertz CT molecular complexity index is 1580. The molecule has 0 radical (unpaired) electrons. The first-order valence-electron chi connectivity index (χ1n) is 12.9. The lowest BCUT2D eigenvalue weighted by Gasteiger charge is -2.39. The molecular formula is C31H29ClN4OS. The Morgan fingerprint density at radius 3 is 2.24 bits per heavy atom. The highest BCUT2D eigenvalue weighted by atomic mass is 35.5. The Hall–Kier alpha value is -3.45. The van der Waals surface area contributed by atoms with Crippen molar-refractivity contribution in [3.63, 3.8) is 0 Å². The Morgan fingerprint density at radius 2 is 1.53 bits per heavy atom. The molecule has 1 aliphatic heterocycles. The Kier molecular flexibility index (Phi) is 6.78. The van der Waals surface area contributed by atoms with E-state index >= 15 is 0 Å². The zero-order chi connectivity index (χ0) is 26.2. The third-order valence-electron chi connectivity index (χ3n) is 7.37. The SMILES string of the molecule is Cc1ccccc1-n1nc(C)c2cc(C(=O)N3CCN([C@H](c4ccccc4)c4ccc(Cl)cc4)CC3)sc21. The number of aromatic nitrogens is 2. The summed E-state index contributed by atoms with van der Waals surface area (Å²) in [6.07, 6.45) is 0.